The Morgan fingerprint density at radius 1 is 1.55 bits per heavy atom. The highest BCUT2D eigenvalue weighted by molar-refractivity contribution is 5.84. The minimum Gasteiger partial charge on any atom is -0.299 e. The molecule has 1 nitrogen and oxygen atoms in total. The summed E-state index contributed by atoms with van der Waals surface area (Å²) in [7, 11) is 0. The van der Waals surface area contributed by atoms with Crippen molar-refractivity contribution in [1.82, 2.24) is 0 Å². The van der Waals surface area contributed by atoms with Crippen LogP contribution in [-0.2, 0) is 4.79 Å². The number of rotatable bonds is 2. The number of hydrogen-bond acceptors (Lipinski definition) is 1. The number of carbonyl (C=O) groups is 1. The van der Waals surface area contributed by atoms with Crippen LogP contribution in [-0.4, -0.2) is 5.78 Å². The van der Waals surface area contributed by atoms with Crippen molar-refractivity contribution in [1.29, 1.82) is 0 Å². The summed E-state index contributed by atoms with van der Waals surface area (Å²) in [6.07, 6.45) is 9.82. The van der Waals surface area contributed by atoms with Crippen LogP contribution in [0.1, 0.15) is 26.7 Å². The molecule has 1 heteroatoms. The Kier molecular flexibility index (Phi) is 2.28. The van der Waals surface area contributed by atoms with Crippen LogP contribution in [0.25, 0.3) is 0 Å². The highest BCUT2D eigenvalue weighted by atomic mass is 16.1. The molecule has 0 bridgehead atoms. The predicted molar refractivity (Wildman–Crippen MR) is 46.3 cm³/mol. The van der Waals surface area contributed by atoms with Gasteiger partial charge in [0.15, 0.2) is 0 Å². The first-order valence-electron chi connectivity index (χ1n) is 4.07. The first kappa shape index (κ1) is 8.25. The van der Waals surface area contributed by atoms with E-state index in [-0.39, 0.29) is 11.2 Å². The third kappa shape index (κ3) is 1.42. The molecule has 0 N–H and O–H groups in total. The molecular formula is C10H14O. The molecule has 1 aliphatic carbocycles. The Morgan fingerprint density at radius 2 is 2.27 bits per heavy atom. The fraction of sp³-hybridized carbons (Fsp3) is 0.500. The monoisotopic (exact) mass is 150 g/mol. The van der Waals surface area contributed by atoms with E-state index in [2.05, 4.69) is 13.0 Å². The summed E-state index contributed by atoms with van der Waals surface area (Å²) in [5.41, 5.74) is -0.186. The number of hydrogen-bond donors (Lipinski definition) is 0. The molecule has 1 aliphatic rings. The minimum absolute atomic E-state index is 0.186. The molecule has 0 saturated heterocycles. The van der Waals surface area contributed by atoms with E-state index < -0.39 is 0 Å². The van der Waals surface area contributed by atoms with E-state index in [0.717, 1.165) is 12.8 Å². The van der Waals surface area contributed by atoms with Crippen molar-refractivity contribution in [3.05, 3.63) is 24.3 Å². The number of ketones is 1. The normalized spacial score (nSPS) is 28.9. The van der Waals surface area contributed by atoms with Crippen LogP contribution < -0.4 is 0 Å². The number of allylic oxidation sites excluding steroid dienone is 4. The molecule has 0 fully saturated rings. The zero-order valence-corrected chi connectivity index (χ0v) is 7.13. The summed E-state index contributed by atoms with van der Waals surface area (Å²) in [5.74, 6) is 0.278. The Labute approximate surface area is 67.8 Å². The van der Waals surface area contributed by atoms with Crippen molar-refractivity contribution < 1.29 is 4.79 Å². The largest absolute Gasteiger partial charge is 0.299 e. The van der Waals surface area contributed by atoms with E-state index in [4.69, 9.17) is 0 Å². The maximum Gasteiger partial charge on any atom is 0.140 e. The molecule has 0 amide bonds. The van der Waals surface area contributed by atoms with Crippen LogP contribution in [0.15, 0.2) is 24.3 Å². The summed E-state index contributed by atoms with van der Waals surface area (Å²) in [4.78, 5) is 11.3. The van der Waals surface area contributed by atoms with Gasteiger partial charge in [0, 0.05) is 0 Å². The molecule has 11 heavy (non-hydrogen) atoms. The highest BCUT2D eigenvalue weighted by Crippen LogP contribution is 2.32. The summed E-state index contributed by atoms with van der Waals surface area (Å²) in [6, 6.07) is 0. The molecular weight excluding hydrogens is 136 g/mol. The van der Waals surface area contributed by atoms with Crippen molar-refractivity contribution in [3.8, 4) is 0 Å². The third-order valence-corrected chi connectivity index (χ3v) is 2.48. The van der Waals surface area contributed by atoms with E-state index in [1.807, 2.05) is 18.2 Å². The lowest BCUT2D eigenvalue weighted by atomic mass is 9.76. The molecule has 0 aromatic rings. The number of Topliss-reactive ketones (excluding diaryl/α,β-unsaturated/α-hetero) is 1. The lowest BCUT2D eigenvalue weighted by Gasteiger charge is -2.26. The average Bonchev–Trinajstić information content (AvgIpc) is 2.05. The van der Waals surface area contributed by atoms with Gasteiger partial charge in [-0.3, -0.25) is 4.79 Å². The van der Waals surface area contributed by atoms with Gasteiger partial charge < -0.3 is 0 Å². The smallest absolute Gasteiger partial charge is 0.140 e. The zero-order valence-electron chi connectivity index (χ0n) is 7.13. The van der Waals surface area contributed by atoms with Gasteiger partial charge in [-0.15, -0.1) is 0 Å². The molecule has 0 aromatic carbocycles. The Bertz CT molecular complexity index is 213. The van der Waals surface area contributed by atoms with Gasteiger partial charge in [0.25, 0.3) is 0 Å². The first-order chi connectivity index (χ1) is 5.21. The van der Waals surface area contributed by atoms with Gasteiger partial charge in [-0.2, -0.15) is 0 Å². The molecule has 0 aromatic heterocycles. The zero-order chi connectivity index (χ0) is 8.32. The highest BCUT2D eigenvalue weighted by Gasteiger charge is 2.29. The van der Waals surface area contributed by atoms with E-state index >= 15 is 0 Å². The molecule has 0 heterocycles. The van der Waals surface area contributed by atoms with Gasteiger partial charge in [-0.25, -0.2) is 0 Å². The summed E-state index contributed by atoms with van der Waals surface area (Å²) < 4.78 is 0. The summed E-state index contributed by atoms with van der Waals surface area (Å²) in [6.45, 7) is 3.73. The van der Waals surface area contributed by atoms with Gasteiger partial charge >= 0.3 is 0 Å². The lowest BCUT2D eigenvalue weighted by Crippen LogP contribution is -2.26. The van der Waals surface area contributed by atoms with Crippen LogP contribution in [0.3, 0.4) is 0 Å². The minimum atomic E-state index is -0.186. The van der Waals surface area contributed by atoms with Crippen LogP contribution in [0.2, 0.25) is 0 Å². The molecule has 0 aliphatic heterocycles. The van der Waals surface area contributed by atoms with Crippen LogP contribution in [0, 0.1) is 5.41 Å². The second-order valence-corrected chi connectivity index (χ2v) is 3.06. The summed E-state index contributed by atoms with van der Waals surface area (Å²) >= 11 is 0. The van der Waals surface area contributed by atoms with Crippen molar-refractivity contribution in [2.24, 2.45) is 5.41 Å². The lowest BCUT2D eigenvalue weighted by molar-refractivity contribution is -0.124. The quantitative estimate of drug-likeness (QED) is 0.591. The Morgan fingerprint density at radius 3 is 2.55 bits per heavy atom. The molecule has 0 saturated carbocycles. The standard InChI is InChI=1S/C10H14O/c1-3-10(9(2)11)7-5-4-6-8-10/h4-7H,3,8H2,1-2H3. The molecule has 1 atom stereocenters. The SMILES string of the molecule is CCC1(C(C)=O)C=CC=CC1. The van der Waals surface area contributed by atoms with E-state index in [1.54, 1.807) is 6.92 Å². The fourth-order valence-corrected chi connectivity index (χ4v) is 1.44. The second kappa shape index (κ2) is 3.04. The molecule has 1 unspecified atom stereocenters. The van der Waals surface area contributed by atoms with E-state index in [1.165, 1.54) is 0 Å². The van der Waals surface area contributed by atoms with Crippen molar-refractivity contribution in [2.45, 2.75) is 26.7 Å². The molecule has 0 radical (unpaired) electrons. The first-order valence-corrected chi connectivity index (χ1v) is 4.07. The summed E-state index contributed by atoms with van der Waals surface area (Å²) in [5, 5.41) is 0. The fourth-order valence-electron chi connectivity index (χ4n) is 1.44. The predicted octanol–water partition coefficient (Wildman–Crippen LogP) is 2.49. The Hall–Kier alpha value is -0.850. The van der Waals surface area contributed by atoms with Crippen molar-refractivity contribution in [2.75, 3.05) is 0 Å². The topological polar surface area (TPSA) is 17.1 Å². The van der Waals surface area contributed by atoms with Crippen LogP contribution >= 0.6 is 0 Å². The number of carbonyl (C=O) groups excluding carboxylic acids is 1. The Balaban J connectivity index is 2.85. The van der Waals surface area contributed by atoms with E-state index in [0.29, 0.717) is 0 Å². The molecule has 1 rings (SSSR count). The maximum absolute atomic E-state index is 11.3. The van der Waals surface area contributed by atoms with Gasteiger partial charge in [0.1, 0.15) is 5.78 Å². The second-order valence-electron chi connectivity index (χ2n) is 3.06. The maximum atomic E-state index is 11.3. The van der Waals surface area contributed by atoms with E-state index in [9.17, 15) is 4.79 Å². The van der Waals surface area contributed by atoms with Crippen molar-refractivity contribution in [3.63, 3.8) is 0 Å². The van der Waals surface area contributed by atoms with Crippen LogP contribution in [0.4, 0.5) is 0 Å². The van der Waals surface area contributed by atoms with Gasteiger partial charge in [-0.05, 0) is 19.8 Å². The van der Waals surface area contributed by atoms with Crippen molar-refractivity contribution >= 4 is 5.78 Å². The average molecular weight is 150 g/mol. The van der Waals surface area contributed by atoms with Crippen LogP contribution in [0.5, 0.6) is 0 Å². The third-order valence-electron chi connectivity index (χ3n) is 2.48. The molecule has 0 spiro atoms. The van der Waals surface area contributed by atoms with Gasteiger partial charge in [-0.1, -0.05) is 31.2 Å². The molecule has 60 valence electrons. The van der Waals surface area contributed by atoms with Gasteiger partial charge in [0.2, 0.25) is 0 Å². The van der Waals surface area contributed by atoms with Gasteiger partial charge in [0.05, 0.1) is 5.41 Å².